The van der Waals surface area contributed by atoms with Crippen LogP contribution >= 0.6 is 11.8 Å². The normalized spacial score (nSPS) is 11.8. The molecule has 0 aliphatic carbocycles. The molecule has 10 heteroatoms. The topological polar surface area (TPSA) is 61.4 Å². The van der Waals surface area contributed by atoms with Gasteiger partial charge in [-0.15, -0.1) is 5.10 Å². The monoisotopic (exact) mass is 452 g/mol. The molecule has 0 bridgehead atoms. The van der Waals surface area contributed by atoms with Gasteiger partial charge in [0.05, 0.1) is 28.8 Å². The van der Waals surface area contributed by atoms with E-state index in [9.17, 15) is 13.2 Å². The molecule has 0 saturated heterocycles. The predicted octanol–water partition coefficient (Wildman–Crippen LogP) is 5.23. The van der Waals surface area contributed by atoms with Gasteiger partial charge in [-0.25, -0.2) is 4.98 Å². The number of rotatable bonds is 5. The first-order valence-corrected chi connectivity index (χ1v) is 10.4. The molecule has 32 heavy (non-hydrogen) atoms. The van der Waals surface area contributed by atoms with Crippen LogP contribution in [0.3, 0.4) is 0 Å². The molecular weight excluding hydrogens is 437 g/mol. The van der Waals surface area contributed by atoms with E-state index < -0.39 is 11.7 Å². The van der Waals surface area contributed by atoms with E-state index in [1.165, 1.54) is 17.8 Å². The number of nitrogens with zero attached hydrogens (tertiary/aromatic N) is 6. The van der Waals surface area contributed by atoms with Gasteiger partial charge in [0.15, 0.2) is 5.16 Å². The lowest BCUT2D eigenvalue weighted by Gasteiger charge is -2.12. The summed E-state index contributed by atoms with van der Waals surface area (Å²) in [5.74, 6) is 0. The van der Waals surface area contributed by atoms with Gasteiger partial charge in [-0.1, -0.05) is 42.5 Å². The molecule has 5 rings (SSSR count). The first kappa shape index (κ1) is 20.3. The van der Waals surface area contributed by atoms with E-state index in [0.717, 1.165) is 28.9 Å². The van der Waals surface area contributed by atoms with Gasteiger partial charge in [-0.2, -0.15) is 17.9 Å². The van der Waals surface area contributed by atoms with Gasteiger partial charge in [0.25, 0.3) is 0 Å². The van der Waals surface area contributed by atoms with Crippen LogP contribution in [-0.4, -0.2) is 29.8 Å². The van der Waals surface area contributed by atoms with Crippen molar-refractivity contribution in [2.45, 2.75) is 23.0 Å². The predicted molar refractivity (Wildman–Crippen MR) is 114 cm³/mol. The maximum Gasteiger partial charge on any atom is 0.416 e. The summed E-state index contributed by atoms with van der Waals surface area (Å²) in [6.07, 6.45) is -4.40. The maximum absolute atomic E-state index is 13.2. The molecule has 0 spiro atoms. The van der Waals surface area contributed by atoms with Gasteiger partial charge in [0, 0.05) is 0 Å². The van der Waals surface area contributed by atoms with Crippen molar-refractivity contribution in [1.82, 2.24) is 29.8 Å². The van der Waals surface area contributed by atoms with Crippen LogP contribution in [0, 0.1) is 0 Å². The van der Waals surface area contributed by atoms with Crippen LogP contribution in [0.4, 0.5) is 13.2 Å². The maximum atomic E-state index is 13.2. The minimum absolute atomic E-state index is 0.222. The summed E-state index contributed by atoms with van der Waals surface area (Å²) < 4.78 is 43.0. The molecule has 0 fully saturated rings. The molecule has 0 aliphatic rings. The third-order valence-electron chi connectivity index (χ3n) is 4.84. The van der Waals surface area contributed by atoms with E-state index in [0.29, 0.717) is 15.9 Å². The highest BCUT2D eigenvalue weighted by molar-refractivity contribution is 7.99. The Balaban J connectivity index is 1.55. The summed E-state index contributed by atoms with van der Waals surface area (Å²) in [4.78, 5) is 4.68. The molecule has 0 N–H and O–H groups in total. The Morgan fingerprint density at radius 2 is 1.62 bits per heavy atom. The fraction of sp³-hybridized carbons (Fsp3) is 0.0909. The van der Waals surface area contributed by atoms with Crippen LogP contribution in [0.15, 0.2) is 89.2 Å². The molecule has 0 amide bonds. The molecule has 160 valence electrons. The molecule has 0 aliphatic heterocycles. The Bertz CT molecular complexity index is 1380. The summed E-state index contributed by atoms with van der Waals surface area (Å²) in [6.45, 7) is 0.222. The van der Waals surface area contributed by atoms with Crippen LogP contribution in [0.25, 0.3) is 16.7 Å². The highest BCUT2D eigenvalue weighted by Crippen LogP contribution is 2.32. The zero-order valence-electron chi connectivity index (χ0n) is 16.4. The molecule has 0 atom stereocenters. The van der Waals surface area contributed by atoms with Crippen molar-refractivity contribution in [3.63, 3.8) is 0 Å². The number of halogens is 3. The standard InChI is InChI=1S/C22H15F3N6S/c23-22(24,25)16-8-6-7-15(13-16)14-30-19-12-5-4-11-18(19)26-20(30)32-21-27-28-29-31(21)17-9-2-1-3-10-17/h1-13H,14H2. The summed E-state index contributed by atoms with van der Waals surface area (Å²) >= 11 is 1.25. The van der Waals surface area contributed by atoms with Crippen LogP contribution < -0.4 is 0 Å². The molecule has 3 aromatic carbocycles. The highest BCUT2D eigenvalue weighted by Gasteiger charge is 2.30. The largest absolute Gasteiger partial charge is 0.416 e. The second kappa shape index (κ2) is 8.12. The van der Waals surface area contributed by atoms with Gasteiger partial charge in [-0.05, 0) is 64.2 Å². The van der Waals surface area contributed by atoms with E-state index in [4.69, 9.17) is 0 Å². The molecule has 0 saturated carbocycles. The third kappa shape index (κ3) is 3.96. The van der Waals surface area contributed by atoms with Crippen LogP contribution in [0.1, 0.15) is 11.1 Å². The number of tetrazole rings is 1. The number of hydrogen-bond acceptors (Lipinski definition) is 5. The summed E-state index contributed by atoms with van der Waals surface area (Å²) in [7, 11) is 0. The lowest BCUT2D eigenvalue weighted by Crippen LogP contribution is -2.07. The van der Waals surface area contributed by atoms with Crippen LogP contribution in [0.2, 0.25) is 0 Å². The Hall–Kier alpha value is -3.66. The SMILES string of the molecule is FC(F)(F)c1cccc(Cn2c(Sc3nnnn3-c3ccccc3)nc3ccccc32)c1. The van der Waals surface area contributed by atoms with Crippen LogP contribution in [0.5, 0.6) is 0 Å². The number of fused-ring (bicyclic) bond motifs is 1. The molecular formula is C22H15F3N6S. The number of hydrogen-bond donors (Lipinski definition) is 0. The Kier molecular flexibility index (Phi) is 5.14. The zero-order valence-corrected chi connectivity index (χ0v) is 17.3. The van der Waals surface area contributed by atoms with Crippen molar-refractivity contribution in [2.24, 2.45) is 0 Å². The minimum Gasteiger partial charge on any atom is -0.314 e. The number of benzene rings is 3. The number of aromatic nitrogens is 6. The first-order chi connectivity index (χ1) is 15.5. The summed E-state index contributed by atoms with van der Waals surface area (Å²) in [5, 5.41) is 13.0. The van der Waals surface area contributed by atoms with E-state index in [2.05, 4.69) is 20.5 Å². The lowest BCUT2D eigenvalue weighted by atomic mass is 10.1. The Morgan fingerprint density at radius 3 is 2.44 bits per heavy atom. The molecule has 2 heterocycles. The fourth-order valence-corrected chi connectivity index (χ4v) is 4.25. The quantitative estimate of drug-likeness (QED) is 0.365. The van der Waals surface area contributed by atoms with Gasteiger partial charge in [-0.3, -0.25) is 0 Å². The second-order valence-corrected chi connectivity index (χ2v) is 7.91. The van der Waals surface area contributed by atoms with E-state index in [-0.39, 0.29) is 6.54 Å². The molecule has 0 radical (unpaired) electrons. The summed E-state index contributed by atoms with van der Waals surface area (Å²) in [5.41, 5.74) is 2.18. The summed E-state index contributed by atoms with van der Waals surface area (Å²) in [6, 6.07) is 22.2. The van der Waals surface area contributed by atoms with Gasteiger partial charge < -0.3 is 4.57 Å². The fourth-order valence-electron chi connectivity index (χ4n) is 3.37. The zero-order chi connectivity index (χ0) is 22.1. The van der Waals surface area contributed by atoms with Gasteiger partial charge >= 0.3 is 6.18 Å². The van der Waals surface area contributed by atoms with Crippen LogP contribution in [-0.2, 0) is 12.7 Å². The van der Waals surface area contributed by atoms with E-state index in [1.807, 2.05) is 59.2 Å². The van der Waals surface area contributed by atoms with Crippen molar-refractivity contribution in [3.8, 4) is 5.69 Å². The average molecular weight is 452 g/mol. The van der Waals surface area contributed by atoms with Gasteiger partial charge in [0.1, 0.15) is 0 Å². The van der Waals surface area contributed by atoms with Crippen molar-refractivity contribution >= 4 is 22.8 Å². The van der Waals surface area contributed by atoms with E-state index >= 15 is 0 Å². The number of para-hydroxylation sites is 3. The van der Waals surface area contributed by atoms with Crippen molar-refractivity contribution in [3.05, 3.63) is 90.0 Å². The smallest absolute Gasteiger partial charge is 0.314 e. The molecule has 6 nitrogen and oxygen atoms in total. The van der Waals surface area contributed by atoms with Crippen molar-refractivity contribution < 1.29 is 13.2 Å². The molecule has 0 unspecified atom stereocenters. The number of alkyl halides is 3. The average Bonchev–Trinajstić information content (AvgIpc) is 3.39. The minimum atomic E-state index is -4.40. The van der Waals surface area contributed by atoms with Crippen molar-refractivity contribution in [2.75, 3.05) is 0 Å². The Morgan fingerprint density at radius 1 is 0.844 bits per heavy atom. The second-order valence-electron chi connectivity index (χ2n) is 6.98. The lowest BCUT2D eigenvalue weighted by molar-refractivity contribution is -0.137. The van der Waals surface area contributed by atoms with Crippen molar-refractivity contribution in [1.29, 1.82) is 0 Å². The molecule has 2 aromatic heterocycles. The number of imidazole rings is 1. The third-order valence-corrected chi connectivity index (χ3v) is 5.77. The first-order valence-electron chi connectivity index (χ1n) is 9.62. The molecule has 5 aromatic rings. The highest BCUT2D eigenvalue weighted by atomic mass is 32.2. The Labute approximate surface area is 184 Å². The van der Waals surface area contributed by atoms with E-state index in [1.54, 1.807) is 10.7 Å². The van der Waals surface area contributed by atoms with Gasteiger partial charge in [0.2, 0.25) is 5.16 Å².